The van der Waals surface area contributed by atoms with E-state index in [4.69, 9.17) is 0 Å². The summed E-state index contributed by atoms with van der Waals surface area (Å²) in [6.45, 7) is 5.62. The average molecular weight is 352 g/mol. The average Bonchev–Trinajstić information content (AvgIpc) is 2.70. The van der Waals surface area contributed by atoms with Crippen molar-refractivity contribution in [2.24, 2.45) is 0 Å². The number of aliphatic hydroxyl groups excluding tert-OH is 1. The molecule has 0 aliphatic rings. The van der Waals surface area contributed by atoms with Gasteiger partial charge in [0.2, 0.25) is 11.8 Å². The molecule has 0 aliphatic carbocycles. The molecule has 0 spiro atoms. The molecule has 2 aromatic rings. The first-order valence-electron chi connectivity index (χ1n) is 8.50. The number of benzene rings is 2. The van der Waals surface area contributed by atoms with E-state index in [1.54, 1.807) is 20.0 Å². The second-order valence-corrected chi connectivity index (χ2v) is 5.98. The highest BCUT2D eigenvalue weighted by Crippen LogP contribution is 2.27. The van der Waals surface area contributed by atoms with Crippen LogP contribution in [-0.4, -0.2) is 24.0 Å². The molecule has 0 aromatic heterocycles. The minimum absolute atomic E-state index is 0.0592. The van der Waals surface area contributed by atoms with Gasteiger partial charge in [-0.25, -0.2) is 0 Å². The summed E-state index contributed by atoms with van der Waals surface area (Å²) in [5.74, 6) is -0.309. The molecule has 0 aliphatic heterocycles. The van der Waals surface area contributed by atoms with Gasteiger partial charge in [-0.15, -0.1) is 0 Å². The molecule has 5 heteroatoms. The van der Waals surface area contributed by atoms with Crippen LogP contribution < -0.4 is 10.2 Å². The second kappa shape index (κ2) is 8.97. The van der Waals surface area contributed by atoms with E-state index in [0.29, 0.717) is 24.2 Å². The normalized spacial score (nSPS) is 11.5. The lowest BCUT2D eigenvalue weighted by Gasteiger charge is -2.20. The number of nitrogens with one attached hydrogen (secondary N) is 1. The monoisotopic (exact) mass is 352 g/mol. The van der Waals surface area contributed by atoms with Crippen molar-refractivity contribution in [3.05, 3.63) is 77.9 Å². The van der Waals surface area contributed by atoms with Crippen molar-refractivity contribution in [2.75, 3.05) is 11.9 Å². The van der Waals surface area contributed by atoms with Gasteiger partial charge in [-0.1, -0.05) is 49.9 Å². The Hall–Kier alpha value is -2.92. The van der Waals surface area contributed by atoms with Gasteiger partial charge in [-0.2, -0.15) is 0 Å². The van der Waals surface area contributed by atoms with Crippen molar-refractivity contribution < 1.29 is 14.7 Å². The molecule has 2 rings (SSSR count). The fourth-order valence-corrected chi connectivity index (χ4v) is 2.57. The molecule has 0 heterocycles. The number of carbonyl (C=O) groups excluding carboxylic acids is 2. The highest BCUT2D eigenvalue weighted by molar-refractivity contribution is 6.00. The smallest absolute Gasteiger partial charge is 0.250 e. The summed E-state index contributed by atoms with van der Waals surface area (Å²) in [7, 11) is 1.65. The van der Waals surface area contributed by atoms with Crippen molar-refractivity contribution in [1.29, 1.82) is 0 Å². The Morgan fingerprint density at radius 1 is 1.19 bits per heavy atom. The Labute approximate surface area is 154 Å². The highest BCUT2D eigenvalue weighted by atomic mass is 16.3. The Morgan fingerprint density at radius 2 is 1.88 bits per heavy atom. The summed E-state index contributed by atoms with van der Waals surface area (Å²) in [5, 5.41) is 13.6. The number of likely N-dealkylation sites (N-methyl/N-ethyl adjacent to an activating group) is 1. The molecule has 0 saturated heterocycles. The van der Waals surface area contributed by atoms with Crippen LogP contribution in [0.3, 0.4) is 0 Å². The summed E-state index contributed by atoms with van der Waals surface area (Å²) >= 11 is 0. The van der Waals surface area contributed by atoms with Crippen LogP contribution >= 0.6 is 0 Å². The van der Waals surface area contributed by atoms with Gasteiger partial charge in [0.1, 0.15) is 6.10 Å². The lowest BCUT2D eigenvalue weighted by atomic mass is 9.98. The van der Waals surface area contributed by atoms with Gasteiger partial charge < -0.3 is 15.3 Å². The molecular formula is C21H24N2O3. The molecule has 1 atom stereocenters. The third kappa shape index (κ3) is 4.80. The van der Waals surface area contributed by atoms with Gasteiger partial charge in [-0.3, -0.25) is 9.59 Å². The van der Waals surface area contributed by atoms with Crippen LogP contribution in [0.15, 0.2) is 61.2 Å². The van der Waals surface area contributed by atoms with Crippen molar-refractivity contribution in [3.63, 3.8) is 0 Å². The first-order valence-corrected chi connectivity index (χ1v) is 8.50. The first kappa shape index (κ1) is 19.4. The zero-order valence-corrected chi connectivity index (χ0v) is 15.1. The predicted molar refractivity (Wildman–Crippen MR) is 103 cm³/mol. The Morgan fingerprint density at radius 3 is 2.50 bits per heavy atom. The number of nitrogens with zero attached hydrogens (tertiary/aromatic N) is 1. The van der Waals surface area contributed by atoms with Crippen LogP contribution in [0.25, 0.3) is 0 Å². The third-order valence-corrected chi connectivity index (χ3v) is 4.13. The largest absolute Gasteiger partial charge is 0.384 e. The van der Waals surface area contributed by atoms with Crippen LogP contribution in [0.1, 0.15) is 36.1 Å². The van der Waals surface area contributed by atoms with Gasteiger partial charge in [0.05, 0.1) is 0 Å². The van der Waals surface area contributed by atoms with Gasteiger partial charge in [-0.05, 0) is 34.9 Å². The summed E-state index contributed by atoms with van der Waals surface area (Å²) in [4.78, 5) is 25.0. The minimum Gasteiger partial charge on any atom is -0.384 e. The number of amides is 2. The van der Waals surface area contributed by atoms with Gasteiger partial charge >= 0.3 is 0 Å². The molecule has 1 unspecified atom stereocenters. The van der Waals surface area contributed by atoms with Crippen LogP contribution in [0.4, 0.5) is 5.69 Å². The van der Waals surface area contributed by atoms with E-state index in [9.17, 15) is 14.7 Å². The van der Waals surface area contributed by atoms with Crippen LogP contribution in [-0.2, 0) is 16.1 Å². The summed E-state index contributed by atoms with van der Waals surface area (Å²) in [6.07, 6.45) is 0.802. The fraction of sp³-hybridized carbons (Fsp3) is 0.238. The zero-order valence-electron chi connectivity index (χ0n) is 15.1. The van der Waals surface area contributed by atoms with E-state index in [2.05, 4.69) is 11.9 Å². The van der Waals surface area contributed by atoms with Gasteiger partial charge in [0.15, 0.2) is 0 Å². The summed E-state index contributed by atoms with van der Waals surface area (Å²) in [5.41, 5.74) is 2.84. The highest BCUT2D eigenvalue weighted by Gasteiger charge is 2.15. The van der Waals surface area contributed by atoms with E-state index in [1.807, 2.05) is 42.5 Å². The number of carbonyl (C=O) groups is 2. The molecule has 0 radical (unpaired) electrons. The standard InChI is InChI=1S/C21H24N2O3/c1-4-19(24)22-14-15-11-17(21(26)16-9-7-6-8-10-16)13-18(12-15)23(3)20(25)5-2/h5-13,21,26H,2,4,14H2,1,3H3,(H,22,24). The first-order chi connectivity index (χ1) is 12.5. The number of anilines is 1. The Balaban J connectivity index is 2.40. The molecular weight excluding hydrogens is 328 g/mol. The second-order valence-electron chi connectivity index (χ2n) is 5.98. The molecule has 136 valence electrons. The molecule has 2 aromatic carbocycles. The Kier molecular flexibility index (Phi) is 6.69. The fourth-order valence-electron chi connectivity index (χ4n) is 2.57. The maximum Gasteiger partial charge on any atom is 0.250 e. The molecule has 2 N–H and O–H groups in total. The molecule has 5 nitrogen and oxygen atoms in total. The van der Waals surface area contributed by atoms with E-state index in [0.717, 1.165) is 11.1 Å². The summed E-state index contributed by atoms with van der Waals surface area (Å²) in [6, 6.07) is 14.7. The maximum atomic E-state index is 12.0. The van der Waals surface area contributed by atoms with E-state index >= 15 is 0 Å². The van der Waals surface area contributed by atoms with E-state index in [-0.39, 0.29) is 11.8 Å². The number of aliphatic hydroxyl groups is 1. The predicted octanol–water partition coefficient (Wildman–Crippen LogP) is 2.94. The summed E-state index contributed by atoms with van der Waals surface area (Å²) < 4.78 is 0. The van der Waals surface area contributed by atoms with E-state index in [1.165, 1.54) is 11.0 Å². The van der Waals surface area contributed by atoms with Crippen molar-refractivity contribution in [2.45, 2.75) is 26.0 Å². The molecule has 0 fully saturated rings. The maximum absolute atomic E-state index is 12.0. The van der Waals surface area contributed by atoms with Gasteiger partial charge in [0.25, 0.3) is 0 Å². The zero-order chi connectivity index (χ0) is 19.1. The quantitative estimate of drug-likeness (QED) is 0.753. The Bertz CT molecular complexity index is 787. The van der Waals surface area contributed by atoms with Crippen LogP contribution in [0.2, 0.25) is 0 Å². The number of hydrogen-bond donors (Lipinski definition) is 2. The van der Waals surface area contributed by atoms with Crippen molar-refractivity contribution >= 4 is 17.5 Å². The third-order valence-electron chi connectivity index (χ3n) is 4.13. The van der Waals surface area contributed by atoms with Crippen LogP contribution in [0.5, 0.6) is 0 Å². The molecule has 0 bridgehead atoms. The van der Waals surface area contributed by atoms with Crippen molar-refractivity contribution in [1.82, 2.24) is 5.32 Å². The molecule has 26 heavy (non-hydrogen) atoms. The van der Waals surface area contributed by atoms with Crippen molar-refractivity contribution in [3.8, 4) is 0 Å². The minimum atomic E-state index is -0.830. The lowest BCUT2D eigenvalue weighted by Crippen LogP contribution is -2.25. The van der Waals surface area contributed by atoms with E-state index < -0.39 is 6.10 Å². The topological polar surface area (TPSA) is 69.6 Å². The molecule has 0 saturated carbocycles. The molecule has 2 amide bonds. The number of rotatable bonds is 7. The lowest BCUT2D eigenvalue weighted by molar-refractivity contribution is -0.121. The SMILES string of the molecule is C=CC(=O)N(C)c1cc(CNC(=O)CC)cc(C(O)c2ccccc2)c1. The number of hydrogen-bond acceptors (Lipinski definition) is 3. The van der Waals surface area contributed by atoms with Crippen LogP contribution in [0, 0.1) is 0 Å². The van der Waals surface area contributed by atoms with Gasteiger partial charge in [0, 0.05) is 25.7 Å².